The summed E-state index contributed by atoms with van der Waals surface area (Å²) in [5.41, 5.74) is 4.06. The van der Waals surface area contributed by atoms with Crippen molar-refractivity contribution < 1.29 is 18.7 Å². The van der Waals surface area contributed by atoms with Crippen LogP contribution in [0.3, 0.4) is 0 Å². The van der Waals surface area contributed by atoms with Gasteiger partial charge in [-0.3, -0.25) is 14.6 Å². The summed E-state index contributed by atoms with van der Waals surface area (Å²) in [6.07, 6.45) is 5.16. The van der Waals surface area contributed by atoms with Crippen molar-refractivity contribution >= 4 is 22.8 Å². The topological polar surface area (TPSA) is 88.2 Å². The summed E-state index contributed by atoms with van der Waals surface area (Å²) in [6, 6.07) is 12.1. The van der Waals surface area contributed by atoms with E-state index < -0.39 is 11.9 Å². The first-order chi connectivity index (χ1) is 16.0. The van der Waals surface area contributed by atoms with Crippen LogP contribution in [-0.2, 0) is 16.0 Å². The van der Waals surface area contributed by atoms with E-state index in [4.69, 9.17) is 4.74 Å². The molecule has 0 unspecified atom stereocenters. The minimum Gasteiger partial charge on any atom is -0.468 e. The van der Waals surface area contributed by atoms with Crippen LogP contribution >= 0.6 is 0 Å². The van der Waals surface area contributed by atoms with Gasteiger partial charge in [0.05, 0.1) is 7.11 Å². The molecule has 4 aromatic rings. The number of carbonyl (C=O) groups is 2. The fourth-order valence-corrected chi connectivity index (χ4v) is 3.65. The number of aromatic nitrogens is 3. The molecule has 2 aromatic carbocycles. The zero-order chi connectivity index (χ0) is 23.4. The van der Waals surface area contributed by atoms with E-state index in [0.717, 1.165) is 27.6 Å². The Morgan fingerprint density at radius 1 is 1.09 bits per heavy atom. The van der Waals surface area contributed by atoms with E-state index in [1.54, 1.807) is 12.3 Å². The fraction of sp³-hybridized carbons (Fsp3) is 0.200. The molecule has 0 fully saturated rings. The number of halogens is 1. The second-order valence-electron chi connectivity index (χ2n) is 7.68. The third-order valence-corrected chi connectivity index (χ3v) is 5.44. The van der Waals surface area contributed by atoms with Crippen LogP contribution in [0.2, 0.25) is 0 Å². The van der Waals surface area contributed by atoms with Crippen LogP contribution in [-0.4, -0.2) is 51.9 Å². The first-order valence-electron chi connectivity index (χ1n) is 10.5. The predicted octanol–water partition coefficient (Wildman–Crippen LogP) is 3.93. The molecular formula is C25H23FN4O3. The van der Waals surface area contributed by atoms with Crippen molar-refractivity contribution in [1.29, 1.82) is 0 Å². The predicted molar refractivity (Wildman–Crippen MR) is 122 cm³/mol. The van der Waals surface area contributed by atoms with E-state index in [1.165, 1.54) is 36.5 Å². The summed E-state index contributed by atoms with van der Waals surface area (Å²) in [5.74, 6) is -1.32. The molecule has 0 aliphatic heterocycles. The highest BCUT2D eigenvalue weighted by atomic mass is 19.1. The van der Waals surface area contributed by atoms with Gasteiger partial charge in [0.15, 0.2) is 5.69 Å². The molecule has 1 amide bonds. The van der Waals surface area contributed by atoms with Gasteiger partial charge < -0.3 is 14.6 Å². The van der Waals surface area contributed by atoms with Gasteiger partial charge >= 0.3 is 5.97 Å². The molecule has 7 nitrogen and oxygen atoms in total. The number of nitrogens with zero attached hydrogens (tertiary/aromatic N) is 3. The summed E-state index contributed by atoms with van der Waals surface area (Å²) in [6.45, 7) is 1.94. The van der Waals surface area contributed by atoms with Crippen LogP contribution in [0.1, 0.15) is 21.6 Å². The Bertz CT molecular complexity index is 1300. The average Bonchev–Trinajstić information content (AvgIpc) is 3.23. The third-order valence-electron chi connectivity index (χ3n) is 5.44. The zero-order valence-electron chi connectivity index (χ0n) is 18.3. The number of esters is 1. The highest BCUT2D eigenvalue weighted by molar-refractivity contribution is 5.99. The highest BCUT2D eigenvalue weighted by Gasteiger charge is 2.24. The van der Waals surface area contributed by atoms with E-state index in [-0.39, 0.29) is 24.6 Å². The Hall–Kier alpha value is -4.07. The van der Waals surface area contributed by atoms with Crippen LogP contribution in [0.15, 0.2) is 61.1 Å². The number of H-pyrrole nitrogens is 1. The standard InChI is InChI=1S/C25H23FN4O3/c1-16-3-5-17(6-4-16)23-24(28-11-10-27-23)25(32)30(15-22(31)33-2)12-9-18-14-29-21-8-7-19(26)13-20(18)21/h3-8,10-11,13-14,29H,9,12,15H2,1-2H3. The van der Waals surface area contributed by atoms with Crippen LogP contribution in [0.5, 0.6) is 0 Å². The molecule has 8 heteroatoms. The van der Waals surface area contributed by atoms with E-state index >= 15 is 0 Å². The SMILES string of the molecule is COC(=O)CN(CCc1c[nH]c2ccc(F)cc12)C(=O)c1nccnc1-c1ccc(C)cc1. The lowest BCUT2D eigenvalue weighted by molar-refractivity contribution is -0.141. The van der Waals surface area contributed by atoms with Gasteiger partial charge in [0.2, 0.25) is 0 Å². The molecule has 4 rings (SSSR count). The van der Waals surface area contributed by atoms with Gasteiger partial charge in [-0.05, 0) is 37.1 Å². The van der Waals surface area contributed by atoms with Crippen molar-refractivity contribution in [2.24, 2.45) is 0 Å². The Balaban J connectivity index is 1.63. The molecule has 2 aromatic heterocycles. The van der Waals surface area contributed by atoms with Crippen LogP contribution in [0, 0.1) is 12.7 Å². The van der Waals surface area contributed by atoms with Gasteiger partial charge in [-0.1, -0.05) is 29.8 Å². The number of fused-ring (bicyclic) bond motifs is 1. The number of nitrogens with one attached hydrogen (secondary N) is 1. The molecule has 0 aliphatic carbocycles. The number of hydrogen-bond acceptors (Lipinski definition) is 5. The van der Waals surface area contributed by atoms with Gasteiger partial charge in [-0.15, -0.1) is 0 Å². The summed E-state index contributed by atoms with van der Waals surface area (Å²) in [7, 11) is 1.27. The average molecular weight is 446 g/mol. The molecule has 1 N–H and O–H groups in total. The molecule has 2 heterocycles. The zero-order valence-corrected chi connectivity index (χ0v) is 18.3. The highest BCUT2D eigenvalue weighted by Crippen LogP contribution is 2.23. The normalized spacial score (nSPS) is 10.9. The summed E-state index contributed by atoms with van der Waals surface area (Å²) in [5, 5.41) is 0.736. The van der Waals surface area contributed by atoms with Crippen molar-refractivity contribution in [2.45, 2.75) is 13.3 Å². The number of ether oxygens (including phenoxy) is 1. The number of rotatable bonds is 7. The number of methoxy groups -OCH3 is 1. The molecule has 0 radical (unpaired) electrons. The van der Waals surface area contributed by atoms with Crippen LogP contribution < -0.4 is 0 Å². The number of aromatic amines is 1. The van der Waals surface area contributed by atoms with E-state index in [9.17, 15) is 14.0 Å². The maximum Gasteiger partial charge on any atom is 0.325 e. The number of carbonyl (C=O) groups excluding carboxylic acids is 2. The van der Waals surface area contributed by atoms with Crippen LogP contribution in [0.4, 0.5) is 4.39 Å². The third kappa shape index (κ3) is 4.90. The molecule has 0 atom stereocenters. The summed E-state index contributed by atoms with van der Waals surface area (Å²) < 4.78 is 18.5. The van der Waals surface area contributed by atoms with E-state index in [1.807, 2.05) is 31.2 Å². The van der Waals surface area contributed by atoms with Gasteiger partial charge in [-0.2, -0.15) is 0 Å². The smallest absolute Gasteiger partial charge is 0.325 e. The van der Waals surface area contributed by atoms with Crippen molar-refractivity contribution in [2.75, 3.05) is 20.2 Å². The van der Waals surface area contributed by atoms with Gasteiger partial charge in [0, 0.05) is 41.6 Å². The van der Waals surface area contributed by atoms with E-state index in [2.05, 4.69) is 15.0 Å². The number of amides is 1. The van der Waals surface area contributed by atoms with Gasteiger partial charge in [0.1, 0.15) is 18.1 Å². The molecular weight excluding hydrogens is 423 g/mol. The molecule has 0 bridgehead atoms. The number of benzene rings is 2. The summed E-state index contributed by atoms with van der Waals surface area (Å²) in [4.78, 5) is 38.7. The quantitative estimate of drug-likeness (QED) is 0.435. The number of hydrogen-bond donors (Lipinski definition) is 1. The molecule has 33 heavy (non-hydrogen) atoms. The maximum absolute atomic E-state index is 13.7. The second-order valence-corrected chi connectivity index (χ2v) is 7.68. The lowest BCUT2D eigenvalue weighted by atomic mass is 10.1. The Morgan fingerprint density at radius 3 is 2.61 bits per heavy atom. The Labute approximate surface area is 190 Å². The lowest BCUT2D eigenvalue weighted by Crippen LogP contribution is -2.38. The lowest BCUT2D eigenvalue weighted by Gasteiger charge is -2.22. The largest absolute Gasteiger partial charge is 0.468 e. The molecule has 168 valence electrons. The van der Waals surface area contributed by atoms with Crippen LogP contribution in [0.25, 0.3) is 22.2 Å². The van der Waals surface area contributed by atoms with Gasteiger partial charge in [0.25, 0.3) is 5.91 Å². The molecule has 0 saturated carbocycles. The number of aryl methyl sites for hydroxylation is 1. The fourth-order valence-electron chi connectivity index (χ4n) is 3.65. The van der Waals surface area contributed by atoms with Crippen molar-refractivity contribution in [3.63, 3.8) is 0 Å². The first kappa shape index (κ1) is 22.1. The van der Waals surface area contributed by atoms with Crippen molar-refractivity contribution in [1.82, 2.24) is 19.9 Å². The first-order valence-corrected chi connectivity index (χ1v) is 10.5. The molecule has 0 aliphatic rings. The minimum atomic E-state index is -0.547. The van der Waals surface area contributed by atoms with E-state index in [0.29, 0.717) is 12.1 Å². The Morgan fingerprint density at radius 2 is 1.85 bits per heavy atom. The van der Waals surface area contributed by atoms with Gasteiger partial charge in [-0.25, -0.2) is 9.37 Å². The molecule has 0 saturated heterocycles. The molecule has 0 spiro atoms. The summed E-state index contributed by atoms with van der Waals surface area (Å²) >= 11 is 0. The second kappa shape index (κ2) is 9.60. The monoisotopic (exact) mass is 446 g/mol. The van der Waals surface area contributed by atoms with Crippen molar-refractivity contribution in [3.8, 4) is 11.3 Å². The minimum absolute atomic E-state index is 0.148. The Kier molecular flexibility index (Phi) is 6.44. The van der Waals surface area contributed by atoms with Crippen molar-refractivity contribution in [3.05, 3.63) is 83.7 Å². The maximum atomic E-state index is 13.7.